The largest absolute Gasteiger partial charge is 0.387 e. The third kappa shape index (κ3) is 2.46. The summed E-state index contributed by atoms with van der Waals surface area (Å²) in [6, 6.07) is 10.9. The molecule has 1 saturated carbocycles. The van der Waals surface area contributed by atoms with Gasteiger partial charge in [-0.1, -0.05) is 30.3 Å². The van der Waals surface area contributed by atoms with Crippen LogP contribution in [0.4, 0.5) is 0 Å². The van der Waals surface area contributed by atoms with Crippen molar-refractivity contribution in [3.05, 3.63) is 54.1 Å². The average Bonchev–Trinajstić information content (AvgIpc) is 3.14. The first-order chi connectivity index (χ1) is 8.84. The Bertz CT molecular complexity index is 502. The van der Waals surface area contributed by atoms with Crippen molar-refractivity contribution in [1.82, 2.24) is 9.55 Å². The molecule has 2 aromatic rings. The summed E-state index contributed by atoms with van der Waals surface area (Å²) in [6.45, 7) is 0. The summed E-state index contributed by atoms with van der Waals surface area (Å²) in [5.74, 6) is 0. The molecule has 94 valence electrons. The minimum atomic E-state index is -0.409. The van der Waals surface area contributed by atoms with Gasteiger partial charge in [0.25, 0.3) is 0 Å². The number of nitrogens with zero attached hydrogens (tertiary/aromatic N) is 2. The number of aliphatic hydroxyl groups is 1. The van der Waals surface area contributed by atoms with Gasteiger partial charge in [0.15, 0.2) is 0 Å². The Morgan fingerprint density at radius 3 is 2.78 bits per heavy atom. The number of hydrogen-bond acceptors (Lipinski definition) is 2. The van der Waals surface area contributed by atoms with E-state index >= 15 is 0 Å². The van der Waals surface area contributed by atoms with E-state index in [1.165, 1.54) is 18.4 Å². The van der Waals surface area contributed by atoms with E-state index in [0.29, 0.717) is 6.04 Å². The molecule has 18 heavy (non-hydrogen) atoms. The van der Waals surface area contributed by atoms with Crippen LogP contribution in [0.25, 0.3) is 0 Å². The number of imidazole rings is 1. The molecule has 1 atom stereocenters. The molecule has 0 aliphatic heterocycles. The maximum absolute atomic E-state index is 10.3. The Morgan fingerprint density at radius 2 is 2.06 bits per heavy atom. The van der Waals surface area contributed by atoms with Crippen molar-refractivity contribution in [1.29, 1.82) is 0 Å². The third-order valence-electron chi connectivity index (χ3n) is 3.53. The molecule has 0 radical (unpaired) electrons. The Hall–Kier alpha value is -1.61. The summed E-state index contributed by atoms with van der Waals surface area (Å²) in [5.41, 5.74) is 2.24. The topological polar surface area (TPSA) is 38.1 Å². The highest BCUT2D eigenvalue weighted by Gasteiger charge is 2.27. The van der Waals surface area contributed by atoms with Gasteiger partial charge in [0, 0.05) is 6.04 Å². The lowest BCUT2D eigenvalue weighted by atomic mass is 10.1. The first kappa shape index (κ1) is 11.5. The highest BCUT2D eigenvalue weighted by molar-refractivity contribution is 5.15. The van der Waals surface area contributed by atoms with Crippen LogP contribution < -0.4 is 0 Å². The molecule has 1 unspecified atom stereocenters. The zero-order chi connectivity index (χ0) is 12.4. The molecule has 1 aliphatic carbocycles. The smallest absolute Gasteiger partial charge is 0.0959 e. The molecule has 1 aromatic heterocycles. The molecule has 1 aromatic carbocycles. The monoisotopic (exact) mass is 242 g/mol. The first-order valence-electron chi connectivity index (χ1n) is 6.58. The molecule has 3 nitrogen and oxygen atoms in total. The number of aromatic nitrogens is 2. The van der Waals surface area contributed by atoms with Crippen LogP contribution in [0, 0.1) is 0 Å². The molecule has 1 N–H and O–H groups in total. The zero-order valence-corrected chi connectivity index (χ0v) is 10.4. The van der Waals surface area contributed by atoms with E-state index in [9.17, 15) is 5.11 Å². The van der Waals surface area contributed by atoms with E-state index in [1.54, 1.807) is 6.20 Å². The molecule has 0 saturated heterocycles. The van der Waals surface area contributed by atoms with Crippen LogP contribution in [0.1, 0.15) is 42.7 Å². The third-order valence-corrected chi connectivity index (χ3v) is 3.53. The lowest BCUT2D eigenvalue weighted by Gasteiger charge is -2.13. The molecule has 0 amide bonds. The second-order valence-electron chi connectivity index (χ2n) is 5.00. The Balaban J connectivity index is 1.64. The van der Waals surface area contributed by atoms with Crippen molar-refractivity contribution in [3.8, 4) is 0 Å². The fraction of sp³-hybridized carbons (Fsp3) is 0.400. The van der Waals surface area contributed by atoms with Gasteiger partial charge in [-0.3, -0.25) is 0 Å². The van der Waals surface area contributed by atoms with E-state index in [-0.39, 0.29) is 0 Å². The van der Waals surface area contributed by atoms with Crippen LogP contribution in [-0.4, -0.2) is 14.7 Å². The lowest BCUT2D eigenvalue weighted by molar-refractivity contribution is 0.158. The van der Waals surface area contributed by atoms with Crippen molar-refractivity contribution in [2.75, 3.05) is 0 Å². The summed E-state index contributed by atoms with van der Waals surface area (Å²) < 4.78 is 2.13. The predicted molar refractivity (Wildman–Crippen MR) is 70.2 cm³/mol. The minimum Gasteiger partial charge on any atom is -0.387 e. The van der Waals surface area contributed by atoms with Crippen molar-refractivity contribution in [3.63, 3.8) is 0 Å². The minimum absolute atomic E-state index is 0.409. The zero-order valence-electron chi connectivity index (χ0n) is 10.4. The summed E-state index contributed by atoms with van der Waals surface area (Å²) >= 11 is 0. The average molecular weight is 242 g/mol. The van der Waals surface area contributed by atoms with Crippen LogP contribution in [0.5, 0.6) is 0 Å². The SMILES string of the molecule is OC(CCc1ccccc1)c1cncn1C1CC1. The highest BCUT2D eigenvalue weighted by Crippen LogP contribution is 2.37. The molecular weight excluding hydrogens is 224 g/mol. The Morgan fingerprint density at radius 1 is 1.28 bits per heavy atom. The van der Waals surface area contributed by atoms with Gasteiger partial charge >= 0.3 is 0 Å². The summed E-state index contributed by atoms with van der Waals surface area (Å²) in [5, 5.41) is 10.3. The number of rotatable bonds is 5. The lowest BCUT2D eigenvalue weighted by Crippen LogP contribution is -2.06. The summed E-state index contributed by atoms with van der Waals surface area (Å²) in [4.78, 5) is 4.16. The van der Waals surface area contributed by atoms with Crippen LogP contribution in [0.15, 0.2) is 42.9 Å². The number of aliphatic hydroxyl groups excluding tert-OH is 1. The standard InChI is InChI=1S/C15H18N2O/c18-15(9-6-12-4-2-1-3-5-12)14-10-16-11-17(14)13-7-8-13/h1-5,10-11,13,15,18H,6-9H2. The summed E-state index contributed by atoms with van der Waals surface area (Å²) in [7, 11) is 0. The number of benzene rings is 1. The molecule has 1 heterocycles. The highest BCUT2D eigenvalue weighted by atomic mass is 16.3. The van der Waals surface area contributed by atoms with Gasteiger partial charge in [0.1, 0.15) is 0 Å². The van der Waals surface area contributed by atoms with Crippen LogP contribution in [-0.2, 0) is 6.42 Å². The second-order valence-corrected chi connectivity index (χ2v) is 5.00. The quantitative estimate of drug-likeness (QED) is 0.875. The van der Waals surface area contributed by atoms with Gasteiger partial charge in [-0.15, -0.1) is 0 Å². The van der Waals surface area contributed by atoms with E-state index < -0.39 is 6.10 Å². The second kappa shape index (κ2) is 4.94. The normalized spacial score (nSPS) is 16.7. The maximum Gasteiger partial charge on any atom is 0.0959 e. The summed E-state index contributed by atoms with van der Waals surface area (Å²) in [6.07, 6.45) is 7.32. The number of aryl methyl sites for hydroxylation is 1. The van der Waals surface area contributed by atoms with E-state index in [0.717, 1.165) is 18.5 Å². The van der Waals surface area contributed by atoms with Crippen molar-refractivity contribution in [2.24, 2.45) is 0 Å². The molecular formula is C15H18N2O. The van der Waals surface area contributed by atoms with E-state index in [4.69, 9.17) is 0 Å². The fourth-order valence-electron chi connectivity index (χ4n) is 2.33. The van der Waals surface area contributed by atoms with Gasteiger partial charge in [-0.2, -0.15) is 0 Å². The van der Waals surface area contributed by atoms with Crippen molar-refractivity contribution in [2.45, 2.75) is 37.8 Å². The maximum atomic E-state index is 10.3. The molecule has 3 heteroatoms. The first-order valence-corrected chi connectivity index (χ1v) is 6.58. The molecule has 0 bridgehead atoms. The van der Waals surface area contributed by atoms with Gasteiger partial charge in [-0.25, -0.2) is 4.98 Å². The Labute approximate surface area is 107 Å². The van der Waals surface area contributed by atoms with Gasteiger partial charge in [0.2, 0.25) is 0 Å². The van der Waals surface area contributed by atoms with Crippen molar-refractivity contribution < 1.29 is 5.11 Å². The predicted octanol–water partition coefficient (Wildman–Crippen LogP) is 2.88. The van der Waals surface area contributed by atoms with Crippen LogP contribution in [0.3, 0.4) is 0 Å². The van der Waals surface area contributed by atoms with Gasteiger partial charge in [0.05, 0.1) is 24.3 Å². The number of hydrogen-bond donors (Lipinski definition) is 1. The van der Waals surface area contributed by atoms with Gasteiger partial charge < -0.3 is 9.67 Å². The molecule has 3 rings (SSSR count). The molecule has 1 fully saturated rings. The Kier molecular flexibility index (Phi) is 3.15. The molecule has 0 spiro atoms. The van der Waals surface area contributed by atoms with Gasteiger partial charge in [-0.05, 0) is 31.2 Å². The van der Waals surface area contributed by atoms with E-state index in [2.05, 4.69) is 21.7 Å². The van der Waals surface area contributed by atoms with Crippen molar-refractivity contribution >= 4 is 0 Å². The van der Waals surface area contributed by atoms with E-state index in [1.807, 2.05) is 24.5 Å². The van der Waals surface area contributed by atoms with Crippen LogP contribution >= 0.6 is 0 Å². The fourth-order valence-corrected chi connectivity index (χ4v) is 2.33. The van der Waals surface area contributed by atoms with Crippen LogP contribution in [0.2, 0.25) is 0 Å². The molecule has 1 aliphatic rings.